The highest BCUT2D eigenvalue weighted by Crippen LogP contribution is 2.67. The summed E-state index contributed by atoms with van der Waals surface area (Å²) >= 11 is 5.34. The van der Waals surface area contributed by atoms with E-state index < -0.39 is 0 Å². The van der Waals surface area contributed by atoms with Gasteiger partial charge in [0.2, 0.25) is 0 Å². The predicted octanol–water partition coefficient (Wildman–Crippen LogP) is 6.70. The summed E-state index contributed by atoms with van der Waals surface area (Å²) < 4.78 is 1.86. The summed E-state index contributed by atoms with van der Waals surface area (Å²) in [5.41, 5.74) is 2.02. The van der Waals surface area contributed by atoms with Crippen LogP contribution in [0, 0.1) is 5.41 Å². The van der Waals surface area contributed by atoms with Crippen LogP contribution in [0.15, 0.2) is 11.6 Å². The van der Waals surface area contributed by atoms with Gasteiger partial charge in [-0.2, -0.15) is 0 Å². The molecular weight excluding hydrogens is 446 g/mol. The lowest BCUT2D eigenvalue weighted by Crippen LogP contribution is -2.13. The summed E-state index contributed by atoms with van der Waals surface area (Å²) in [5.74, 6) is 0. The van der Waals surface area contributed by atoms with Crippen molar-refractivity contribution in [2.45, 2.75) is 75.6 Å². The summed E-state index contributed by atoms with van der Waals surface area (Å²) in [6.45, 7) is 6.78. The molecule has 106 valence electrons. The van der Waals surface area contributed by atoms with Crippen molar-refractivity contribution in [2.75, 3.05) is 4.43 Å². The maximum atomic E-state index is 2.75. The Hall–Kier alpha value is 1.20. The molecule has 2 heteroatoms. The van der Waals surface area contributed by atoms with Crippen LogP contribution in [-0.2, 0) is 0 Å². The topological polar surface area (TPSA) is 0 Å². The van der Waals surface area contributed by atoms with Gasteiger partial charge in [0.05, 0.1) is 0 Å². The fourth-order valence-electron chi connectivity index (χ4n) is 2.92. The van der Waals surface area contributed by atoms with E-state index in [1.54, 1.807) is 0 Å². The first-order chi connectivity index (χ1) is 8.49. The van der Waals surface area contributed by atoms with Crippen molar-refractivity contribution < 1.29 is 0 Å². The van der Waals surface area contributed by atoms with Gasteiger partial charge in [0.25, 0.3) is 0 Å². The van der Waals surface area contributed by atoms with E-state index in [2.05, 4.69) is 72.0 Å². The van der Waals surface area contributed by atoms with Crippen molar-refractivity contribution in [1.82, 2.24) is 0 Å². The molecule has 0 aromatic heterocycles. The molecule has 0 saturated heterocycles. The van der Waals surface area contributed by atoms with Gasteiger partial charge < -0.3 is 0 Å². The molecule has 0 heterocycles. The van der Waals surface area contributed by atoms with Crippen molar-refractivity contribution in [2.24, 2.45) is 5.41 Å². The second kappa shape index (κ2) is 7.84. The largest absolute Gasteiger partial charge is 0.0854 e. The minimum Gasteiger partial charge on any atom is -0.0854 e. The maximum Gasteiger partial charge on any atom is 0.0329 e. The van der Waals surface area contributed by atoms with Crippen LogP contribution in [0.3, 0.4) is 0 Å². The molecule has 0 bridgehead atoms. The average molecular weight is 474 g/mol. The Labute approximate surface area is 141 Å². The Morgan fingerprint density at radius 3 is 2.28 bits per heavy atom. The van der Waals surface area contributed by atoms with E-state index in [1.807, 2.05) is 0 Å². The molecule has 0 aliphatic heterocycles. The Balaban J connectivity index is 2.28. The van der Waals surface area contributed by atoms with Crippen LogP contribution in [0.25, 0.3) is 0 Å². The summed E-state index contributed by atoms with van der Waals surface area (Å²) in [6.07, 6.45) is 13.9. The molecule has 1 rings (SSSR count). The fraction of sp³-hybridized carbons (Fsp3) is 0.875. The molecule has 0 amide bonds. The quantitative estimate of drug-likeness (QED) is 0.151. The van der Waals surface area contributed by atoms with Gasteiger partial charge in [-0.1, -0.05) is 102 Å². The number of unbranched alkanes of at least 4 members (excludes halogenated alkanes) is 5. The van der Waals surface area contributed by atoms with E-state index in [0.29, 0.717) is 8.84 Å². The molecule has 1 aliphatic rings. The van der Waals surface area contributed by atoms with Gasteiger partial charge in [-0.3, -0.25) is 0 Å². The van der Waals surface area contributed by atoms with Crippen LogP contribution in [-0.4, -0.2) is 7.85 Å². The molecular formula is C16H28I2. The minimum atomic E-state index is 0.524. The molecule has 2 unspecified atom stereocenters. The number of hydrogen-bond acceptors (Lipinski definition) is 0. The van der Waals surface area contributed by atoms with Gasteiger partial charge >= 0.3 is 0 Å². The summed E-state index contributed by atoms with van der Waals surface area (Å²) in [5, 5.41) is 0. The van der Waals surface area contributed by atoms with Crippen molar-refractivity contribution in [3.8, 4) is 0 Å². The Morgan fingerprint density at radius 1 is 1.11 bits per heavy atom. The highest BCUT2D eigenvalue weighted by molar-refractivity contribution is 14.1. The predicted molar refractivity (Wildman–Crippen MR) is 100 cm³/mol. The van der Waals surface area contributed by atoms with Crippen LogP contribution in [0.1, 0.15) is 72.1 Å². The monoisotopic (exact) mass is 474 g/mol. The second-order valence-electron chi connectivity index (χ2n) is 6.17. The lowest BCUT2D eigenvalue weighted by molar-refractivity contribution is 0.561. The number of alkyl halides is 2. The SMILES string of the molecule is CCCCCCCCC1(I)CC1(C=C(C)C)CI. The van der Waals surface area contributed by atoms with Gasteiger partial charge in [0, 0.05) is 13.3 Å². The maximum absolute atomic E-state index is 2.75. The molecule has 1 saturated carbocycles. The fourth-order valence-corrected chi connectivity index (χ4v) is 6.28. The van der Waals surface area contributed by atoms with Crippen molar-refractivity contribution in [3.63, 3.8) is 0 Å². The zero-order chi connectivity index (χ0) is 13.6. The van der Waals surface area contributed by atoms with E-state index in [9.17, 15) is 0 Å². The third-order valence-corrected chi connectivity index (χ3v) is 7.45. The molecule has 2 atom stereocenters. The first-order valence-electron chi connectivity index (χ1n) is 7.40. The van der Waals surface area contributed by atoms with E-state index in [4.69, 9.17) is 0 Å². The van der Waals surface area contributed by atoms with Crippen LogP contribution < -0.4 is 0 Å². The van der Waals surface area contributed by atoms with Crippen LogP contribution in [0.5, 0.6) is 0 Å². The van der Waals surface area contributed by atoms with Gasteiger partial charge in [-0.25, -0.2) is 0 Å². The summed E-state index contributed by atoms with van der Waals surface area (Å²) in [4.78, 5) is 0. The number of rotatable bonds is 9. The minimum absolute atomic E-state index is 0.524. The molecule has 0 aromatic rings. The number of halogens is 2. The second-order valence-corrected chi connectivity index (χ2v) is 9.00. The molecule has 1 fully saturated rings. The van der Waals surface area contributed by atoms with Crippen molar-refractivity contribution in [3.05, 3.63) is 11.6 Å². The molecule has 0 aromatic carbocycles. The average Bonchev–Trinajstić information content (AvgIpc) is 2.88. The first kappa shape index (κ1) is 17.3. The van der Waals surface area contributed by atoms with E-state index >= 15 is 0 Å². The normalized spacial score (nSPS) is 30.3. The lowest BCUT2D eigenvalue weighted by atomic mass is 9.99. The van der Waals surface area contributed by atoms with Gasteiger partial charge in [-0.05, 0) is 26.7 Å². The Bertz CT molecular complexity index is 281. The smallest absolute Gasteiger partial charge is 0.0329 e. The molecule has 18 heavy (non-hydrogen) atoms. The molecule has 0 radical (unpaired) electrons. The van der Waals surface area contributed by atoms with Crippen molar-refractivity contribution in [1.29, 1.82) is 0 Å². The Kier molecular flexibility index (Phi) is 7.52. The number of hydrogen-bond donors (Lipinski definition) is 0. The number of allylic oxidation sites excluding steroid dienone is 2. The zero-order valence-electron chi connectivity index (χ0n) is 12.2. The molecule has 1 aliphatic carbocycles. The van der Waals surface area contributed by atoms with Crippen LogP contribution in [0.2, 0.25) is 0 Å². The summed E-state index contributed by atoms with van der Waals surface area (Å²) in [6, 6.07) is 0. The zero-order valence-corrected chi connectivity index (χ0v) is 16.5. The lowest BCUT2D eigenvalue weighted by Gasteiger charge is -2.17. The molecule has 0 N–H and O–H groups in total. The van der Waals surface area contributed by atoms with Gasteiger partial charge in [-0.15, -0.1) is 0 Å². The van der Waals surface area contributed by atoms with E-state index in [0.717, 1.165) is 0 Å². The third-order valence-electron chi connectivity index (χ3n) is 4.09. The molecule has 0 spiro atoms. The van der Waals surface area contributed by atoms with Crippen LogP contribution >= 0.6 is 45.2 Å². The van der Waals surface area contributed by atoms with Crippen LogP contribution in [0.4, 0.5) is 0 Å². The molecule has 0 nitrogen and oxygen atoms in total. The van der Waals surface area contributed by atoms with Gasteiger partial charge in [0.1, 0.15) is 0 Å². The first-order valence-corrected chi connectivity index (χ1v) is 10.0. The van der Waals surface area contributed by atoms with E-state index in [1.165, 1.54) is 61.4 Å². The van der Waals surface area contributed by atoms with Gasteiger partial charge in [0.15, 0.2) is 0 Å². The Morgan fingerprint density at radius 2 is 1.72 bits per heavy atom. The van der Waals surface area contributed by atoms with E-state index in [-0.39, 0.29) is 0 Å². The third kappa shape index (κ3) is 4.64. The highest BCUT2D eigenvalue weighted by atomic mass is 127. The van der Waals surface area contributed by atoms with Crippen molar-refractivity contribution >= 4 is 45.2 Å². The summed E-state index contributed by atoms with van der Waals surface area (Å²) in [7, 11) is 0. The highest BCUT2D eigenvalue weighted by Gasteiger charge is 2.62. The standard InChI is InChI=1S/C16H28I2/c1-4-5-6-7-8-9-10-16(18)12-15(16,13-17)11-14(2)3/h11H,4-10,12-13H2,1-3H3.